The van der Waals surface area contributed by atoms with E-state index in [2.05, 4.69) is 12.1 Å². The van der Waals surface area contributed by atoms with Crippen molar-refractivity contribution in [1.29, 1.82) is 0 Å². The van der Waals surface area contributed by atoms with E-state index in [1.807, 2.05) is 152 Å². The molecule has 8 aromatic rings. The van der Waals surface area contributed by atoms with Crippen LogP contribution in [0.3, 0.4) is 0 Å². The highest BCUT2D eigenvalue weighted by Gasteiger charge is 2.18. The Morgan fingerprint density at radius 2 is 0.531 bits per heavy atom. The summed E-state index contributed by atoms with van der Waals surface area (Å²) < 4.78 is 0. The Bertz CT molecular complexity index is 2130. The minimum Gasteiger partial charge on any atom is -0.208 e. The van der Waals surface area contributed by atoms with Gasteiger partial charge >= 0.3 is 0 Å². The monoisotopic (exact) mass is 650 g/mol. The van der Waals surface area contributed by atoms with E-state index in [0.29, 0.717) is 40.0 Å². The second-order valence-corrected chi connectivity index (χ2v) is 11.8. The summed E-state index contributed by atoms with van der Waals surface area (Å²) >= 11 is 6.50. The summed E-state index contributed by atoms with van der Waals surface area (Å²) in [5.41, 5.74) is 7.01. The lowest BCUT2D eigenvalue weighted by Gasteiger charge is -2.13. The molecule has 49 heavy (non-hydrogen) atoms. The number of hydrogen-bond donors (Lipinski definition) is 0. The van der Waals surface area contributed by atoms with Gasteiger partial charge in [0.2, 0.25) is 0 Å². The highest BCUT2D eigenvalue weighted by molar-refractivity contribution is 6.30. The predicted octanol–water partition coefficient (Wildman–Crippen LogP) is 10.4. The molecule has 0 saturated heterocycles. The maximum absolute atomic E-state index is 6.50. The summed E-state index contributed by atoms with van der Waals surface area (Å²) in [6.45, 7) is 0. The number of benzene rings is 6. The van der Waals surface area contributed by atoms with Gasteiger partial charge in [0.15, 0.2) is 34.9 Å². The molecule has 0 fully saturated rings. The molecule has 2 aromatic heterocycles. The van der Waals surface area contributed by atoms with Gasteiger partial charge in [-0.05, 0) is 41.5 Å². The smallest absolute Gasteiger partial charge is 0.164 e. The Balaban J connectivity index is 1.37. The van der Waals surface area contributed by atoms with Crippen LogP contribution in [0.1, 0.15) is 0 Å². The van der Waals surface area contributed by atoms with Gasteiger partial charge in [-0.25, -0.2) is 29.9 Å². The van der Waals surface area contributed by atoms with Crippen molar-refractivity contribution >= 4 is 11.6 Å². The maximum atomic E-state index is 6.50. The maximum Gasteiger partial charge on any atom is 0.164 e. The molecule has 0 aliphatic rings. The van der Waals surface area contributed by atoms with Gasteiger partial charge in [0.1, 0.15) is 0 Å². The Morgan fingerprint density at radius 1 is 0.245 bits per heavy atom. The third-order valence-electron chi connectivity index (χ3n) is 8.01. The Labute approximate surface area is 288 Å². The van der Waals surface area contributed by atoms with Crippen molar-refractivity contribution < 1.29 is 0 Å². The molecule has 2 heterocycles. The van der Waals surface area contributed by atoms with Crippen LogP contribution in [0.25, 0.3) is 79.5 Å². The van der Waals surface area contributed by atoms with E-state index in [0.717, 1.165) is 44.5 Å². The third-order valence-corrected chi connectivity index (χ3v) is 8.24. The molecule has 0 amide bonds. The molecular weight excluding hydrogens is 624 g/mol. The summed E-state index contributed by atoms with van der Waals surface area (Å²) in [7, 11) is 0. The van der Waals surface area contributed by atoms with Gasteiger partial charge in [-0.1, -0.05) is 145 Å². The number of halogens is 1. The first kappa shape index (κ1) is 30.0. The fourth-order valence-electron chi connectivity index (χ4n) is 5.60. The number of hydrogen-bond acceptors (Lipinski definition) is 6. The van der Waals surface area contributed by atoms with E-state index in [1.54, 1.807) is 0 Å². The lowest BCUT2D eigenvalue weighted by atomic mass is 9.98. The number of nitrogens with zero attached hydrogens (tertiary/aromatic N) is 6. The first-order valence-electron chi connectivity index (χ1n) is 15.8. The van der Waals surface area contributed by atoms with Gasteiger partial charge in [-0.15, -0.1) is 0 Å². The highest BCUT2D eigenvalue weighted by atomic mass is 35.5. The first-order chi connectivity index (χ1) is 24.2. The van der Waals surface area contributed by atoms with Crippen LogP contribution in [-0.4, -0.2) is 29.9 Å². The standard InChI is InChI=1S/C42H27ClN6/c43-36-23-13-22-32(27-36)33-24-34(41-46-37(28-14-5-1-6-15-28)44-38(47-41)29-16-7-2-8-17-29)26-35(25-33)42-48-39(30-18-9-3-10-19-30)45-40(49-42)31-20-11-4-12-21-31/h1-27H. The number of aromatic nitrogens is 6. The molecule has 7 heteroatoms. The number of rotatable bonds is 7. The van der Waals surface area contributed by atoms with Gasteiger partial charge in [-0.3, -0.25) is 0 Å². The van der Waals surface area contributed by atoms with Crippen LogP contribution in [0, 0.1) is 0 Å². The summed E-state index contributed by atoms with van der Waals surface area (Å²) in [6.07, 6.45) is 0. The molecule has 0 radical (unpaired) electrons. The van der Waals surface area contributed by atoms with Gasteiger partial charge in [-0.2, -0.15) is 0 Å². The molecule has 232 valence electrons. The van der Waals surface area contributed by atoms with Crippen LogP contribution in [0.15, 0.2) is 164 Å². The zero-order chi connectivity index (χ0) is 33.0. The van der Waals surface area contributed by atoms with Crippen LogP contribution >= 0.6 is 11.6 Å². The summed E-state index contributed by atoms with van der Waals surface area (Å²) in [5, 5.41) is 0.639. The minimum atomic E-state index is 0.526. The molecule has 0 aliphatic carbocycles. The second-order valence-electron chi connectivity index (χ2n) is 11.4. The lowest BCUT2D eigenvalue weighted by Crippen LogP contribution is -2.02. The third kappa shape index (κ3) is 6.59. The van der Waals surface area contributed by atoms with E-state index >= 15 is 0 Å². The van der Waals surface area contributed by atoms with Gasteiger partial charge in [0.25, 0.3) is 0 Å². The summed E-state index contributed by atoms with van der Waals surface area (Å²) in [4.78, 5) is 29.8. The Kier molecular flexibility index (Phi) is 8.20. The van der Waals surface area contributed by atoms with E-state index in [1.165, 1.54) is 0 Å². The van der Waals surface area contributed by atoms with Crippen molar-refractivity contribution in [2.24, 2.45) is 0 Å². The van der Waals surface area contributed by atoms with Crippen molar-refractivity contribution in [3.8, 4) is 79.5 Å². The molecule has 6 aromatic carbocycles. The normalized spacial score (nSPS) is 11.0. The molecule has 8 rings (SSSR count). The summed E-state index contributed by atoms with van der Waals surface area (Å²) in [6, 6.07) is 53.7. The average molecular weight is 651 g/mol. The van der Waals surface area contributed by atoms with Crippen LogP contribution in [-0.2, 0) is 0 Å². The predicted molar refractivity (Wildman–Crippen MR) is 196 cm³/mol. The molecule has 0 N–H and O–H groups in total. The molecule has 0 saturated carbocycles. The Hall–Kier alpha value is -6.37. The topological polar surface area (TPSA) is 77.3 Å². The zero-order valence-corrected chi connectivity index (χ0v) is 26.9. The van der Waals surface area contributed by atoms with Crippen LogP contribution in [0.4, 0.5) is 0 Å². The quantitative estimate of drug-likeness (QED) is 0.171. The van der Waals surface area contributed by atoms with Crippen molar-refractivity contribution in [2.45, 2.75) is 0 Å². The van der Waals surface area contributed by atoms with Crippen LogP contribution in [0.2, 0.25) is 5.02 Å². The highest BCUT2D eigenvalue weighted by Crippen LogP contribution is 2.34. The molecule has 0 spiro atoms. The largest absolute Gasteiger partial charge is 0.208 e. The SMILES string of the molecule is Clc1cccc(-c2cc(-c3nc(-c4ccccc4)nc(-c4ccccc4)n3)cc(-c3nc(-c4ccccc4)nc(-c4ccccc4)n3)c2)c1. The molecular formula is C42H27ClN6. The van der Waals surface area contributed by atoms with E-state index < -0.39 is 0 Å². The minimum absolute atomic E-state index is 0.526. The first-order valence-corrected chi connectivity index (χ1v) is 16.2. The van der Waals surface area contributed by atoms with Crippen LogP contribution in [0.5, 0.6) is 0 Å². The van der Waals surface area contributed by atoms with E-state index in [9.17, 15) is 0 Å². The summed E-state index contributed by atoms with van der Waals surface area (Å²) in [5.74, 6) is 3.38. The van der Waals surface area contributed by atoms with Crippen molar-refractivity contribution in [2.75, 3.05) is 0 Å². The molecule has 0 atom stereocenters. The van der Waals surface area contributed by atoms with Crippen molar-refractivity contribution in [3.63, 3.8) is 0 Å². The molecule has 0 unspecified atom stereocenters. The second kappa shape index (κ2) is 13.4. The van der Waals surface area contributed by atoms with Crippen molar-refractivity contribution in [3.05, 3.63) is 169 Å². The fraction of sp³-hybridized carbons (Fsp3) is 0. The zero-order valence-electron chi connectivity index (χ0n) is 26.1. The van der Waals surface area contributed by atoms with E-state index in [-0.39, 0.29) is 0 Å². The molecule has 0 bridgehead atoms. The van der Waals surface area contributed by atoms with E-state index in [4.69, 9.17) is 41.5 Å². The molecule has 0 aliphatic heterocycles. The van der Waals surface area contributed by atoms with Gasteiger partial charge in [0.05, 0.1) is 0 Å². The van der Waals surface area contributed by atoms with Gasteiger partial charge in [0, 0.05) is 38.4 Å². The lowest BCUT2D eigenvalue weighted by molar-refractivity contribution is 1.07. The van der Waals surface area contributed by atoms with Crippen molar-refractivity contribution in [1.82, 2.24) is 29.9 Å². The fourth-order valence-corrected chi connectivity index (χ4v) is 5.79. The Morgan fingerprint density at radius 3 is 0.857 bits per heavy atom. The molecule has 6 nitrogen and oxygen atoms in total. The van der Waals surface area contributed by atoms with Gasteiger partial charge < -0.3 is 0 Å². The van der Waals surface area contributed by atoms with Crippen LogP contribution < -0.4 is 0 Å². The average Bonchev–Trinajstić information content (AvgIpc) is 3.19.